The Morgan fingerprint density at radius 2 is 2.39 bits per heavy atom. The molecule has 0 aliphatic carbocycles. The molecule has 1 aliphatic rings. The van der Waals surface area contributed by atoms with Gasteiger partial charge >= 0.3 is 0 Å². The van der Waals surface area contributed by atoms with E-state index in [1.54, 1.807) is 0 Å². The molecular formula is C14H21BrN2O. The first-order valence-electron chi connectivity index (χ1n) is 6.50. The summed E-state index contributed by atoms with van der Waals surface area (Å²) in [6.07, 6.45) is 1.34. The van der Waals surface area contributed by atoms with E-state index in [1.807, 2.05) is 12.1 Å². The van der Waals surface area contributed by atoms with Gasteiger partial charge in [-0.3, -0.25) is 4.90 Å². The van der Waals surface area contributed by atoms with E-state index in [0.717, 1.165) is 37.1 Å². The molecule has 1 aromatic rings. The number of nitrogens with zero attached hydrogens (tertiary/aromatic N) is 1. The van der Waals surface area contributed by atoms with Gasteiger partial charge in [-0.1, -0.05) is 28.1 Å². The van der Waals surface area contributed by atoms with Gasteiger partial charge in [-0.15, -0.1) is 0 Å². The van der Waals surface area contributed by atoms with Crippen LogP contribution in [-0.2, 0) is 4.74 Å². The fraction of sp³-hybridized carbons (Fsp3) is 0.571. The summed E-state index contributed by atoms with van der Waals surface area (Å²) in [5, 5.41) is 0. The van der Waals surface area contributed by atoms with Crippen molar-refractivity contribution in [2.45, 2.75) is 25.5 Å². The minimum absolute atomic E-state index is 0.112. The predicted octanol–water partition coefficient (Wildman–Crippen LogP) is 2.56. The molecule has 1 heterocycles. The molecule has 2 rings (SSSR count). The summed E-state index contributed by atoms with van der Waals surface area (Å²) in [4.78, 5) is 2.44. The van der Waals surface area contributed by atoms with Gasteiger partial charge in [-0.05, 0) is 31.0 Å². The first-order chi connectivity index (χ1) is 8.65. The minimum atomic E-state index is 0.112. The van der Waals surface area contributed by atoms with Crippen molar-refractivity contribution in [2.24, 2.45) is 5.73 Å². The molecule has 1 aliphatic heterocycles. The fourth-order valence-corrected chi connectivity index (χ4v) is 2.74. The summed E-state index contributed by atoms with van der Waals surface area (Å²) in [6, 6.07) is 8.38. The second-order valence-corrected chi connectivity index (χ2v) is 5.85. The van der Waals surface area contributed by atoms with Gasteiger partial charge in [0.1, 0.15) is 0 Å². The zero-order valence-corrected chi connectivity index (χ0v) is 12.4. The first kappa shape index (κ1) is 14.0. The highest BCUT2D eigenvalue weighted by molar-refractivity contribution is 9.10. The van der Waals surface area contributed by atoms with Crippen LogP contribution in [0.4, 0.5) is 0 Å². The Labute approximate surface area is 117 Å². The maximum Gasteiger partial charge on any atom is 0.0674 e. The molecular weight excluding hydrogens is 292 g/mol. The quantitative estimate of drug-likeness (QED) is 0.928. The molecule has 2 unspecified atom stereocenters. The summed E-state index contributed by atoms with van der Waals surface area (Å²) in [5.41, 5.74) is 7.44. The molecule has 100 valence electrons. The zero-order valence-electron chi connectivity index (χ0n) is 10.8. The molecule has 2 atom stereocenters. The molecule has 4 heteroatoms. The van der Waals surface area contributed by atoms with Crippen molar-refractivity contribution >= 4 is 15.9 Å². The Bertz CT molecular complexity index is 386. The van der Waals surface area contributed by atoms with Crippen LogP contribution in [0.15, 0.2) is 28.7 Å². The van der Waals surface area contributed by atoms with Crippen molar-refractivity contribution in [1.82, 2.24) is 4.90 Å². The van der Waals surface area contributed by atoms with Gasteiger partial charge in [-0.25, -0.2) is 0 Å². The van der Waals surface area contributed by atoms with Gasteiger partial charge in [0.15, 0.2) is 0 Å². The highest BCUT2D eigenvalue weighted by Gasteiger charge is 2.17. The maximum absolute atomic E-state index is 6.24. The van der Waals surface area contributed by atoms with Crippen molar-refractivity contribution in [3.8, 4) is 0 Å². The largest absolute Gasteiger partial charge is 0.376 e. The van der Waals surface area contributed by atoms with Crippen molar-refractivity contribution in [1.29, 1.82) is 0 Å². The van der Waals surface area contributed by atoms with E-state index in [2.05, 4.69) is 39.9 Å². The molecule has 1 aromatic carbocycles. The van der Waals surface area contributed by atoms with E-state index < -0.39 is 0 Å². The Kier molecular flexibility index (Phi) is 5.18. The van der Waals surface area contributed by atoms with Crippen LogP contribution < -0.4 is 5.73 Å². The third-order valence-corrected chi connectivity index (χ3v) is 3.85. The van der Waals surface area contributed by atoms with Crippen molar-refractivity contribution in [3.63, 3.8) is 0 Å². The first-order valence-corrected chi connectivity index (χ1v) is 7.29. The van der Waals surface area contributed by atoms with Crippen LogP contribution in [0.2, 0.25) is 0 Å². The molecule has 0 aromatic heterocycles. The molecule has 0 saturated carbocycles. The Balaban J connectivity index is 1.82. The Hall–Kier alpha value is -0.420. The van der Waals surface area contributed by atoms with E-state index in [0.29, 0.717) is 6.10 Å². The van der Waals surface area contributed by atoms with Gasteiger partial charge in [0.2, 0.25) is 0 Å². The number of rotatable bonds is 4. The average molecular weight is 313 g/mol. The fourth-order valence-electron chi connectivity index (χ4n) is 2.32. The van der Waals surface area contributed by atoms with Crippen LogP contribution >= 0.6 is 15.9 Å². The van der Waals surface area contributed by atoms with Crippen LogP contribution in [0, 0.1) is 0 Å². The third kappa shape index (κ3) is 4.05. The van der Waals surface area contributed by atoms with Gasteiger partial charge in [0.25, 0.3) is 0 Å². The lowest BCUT2D eigenvalue weighted by Crippen LogP contribution is -2.42. The predicted molar refractivity (Wildman–Crippen MR) is 77.5 cm³/mol. The van der Waals surface area contributed by atoms with Crippen molar-refractivity contribution in [3.05, 3.63) is 34.3 Å². The van der Waals surface area contributed by atoms with Crippen LogP contribution in [0.1, 0.15) is 24.9 Å². The summed E-state index contributed by atoms with van der Waals surface area (Å²) < 4.78 is 6.63. The molecule has 2 N–H and O–H groups in total. The summed E-state index contributed by atoms with van der Waals surface area (Å²) in [7, 11) is 0. The lowest BCUT2D eigenvalue weighted by Gasteiger charge is -2.31. The Morgan fingerprint density at radius 1 is 1.56 bits per heavy atom. The van der Waals surface area contributed by atoms with Crippen molar-refractivity contribution < 1.29 is 4.74 Å². The number of benzene rings is 1. The molecule has 0 amide bonds. The number of morpholine rings is 1. The van der Waals surface area contributed by atoms with Crippen LogP contribution in [0.3, 0.4) is 0 Å². The number of hydrogen-bond acceptors (Lipinski definition) is 3. The number of ether oxygens (including phenoxy) is 1. The van der Waals surface area contributed by atoms with E-state index in [1.165, 1.54) is 5.56 Å². The lowest BCUT2D eigenvalue weighted by atomic mass is 10.0. The van der Waals surface area contributed by atoms with Crippen LogP contribution in [0.5, 0.6) is 0 Å². The minimum Gasteiger partial charge on any atom is -0.376 e. The Morgan fingerprint density at radius 3 is 3.11 bits per heavy atom. The molecule has 0 spiro atoms. The molecule has 1 saturated heterocycles. The van der Waals surface area contributed by atoms with E-state index in [9.17, 15) is 0 Å². The number of nitrogens with two attached hydrogens (primary N) is 1. The summed E-state index contributed by atoms with van der Waals surface area (Å²) in [6.45, 7) is 6.05. The maximum atomic E-state index is 6.24. The number of hydrogen-bond donors (Lipinski definition) is 1. The molecule has 18 heavy (non-hydrogen) atoms. The highest BCUT2D eigenvalue weighted by Crippen LogP contribution is 2.19. The molecule has 0 bridgehead atoms. The van der Waals surface area contributed by atoms with E-state index in [-0.39, 0.29) is 6.04 Å². The smallest absolute Gasteiger partial charge is 0.0674 e. The summed E-state index contributed by atoms with van der Waals surface area (Å²) in [5.74, 6) is 0. The standard InChI is InChI=1S/C14H21BrN2O/c1-11-10-17(7-8-18-11)6-5-14(16)12-3-2-4-13(15)9-12/h2-4,9,11,14H,5-8,10,16H2,1H3. The van der Waals surface area contributed by atoms with Crippen LogP contribution in [-0.4, -0.2) is 37.2 Å². The second kappa shape index (κ2) is 6.66. The second-order valence-electron chi connectivity index (χ2n) is 4.93. The highest BCUT2D eigenvalue weighted by atomic mass is 79.9. The lowest BCUT2D eigenvalue weighted by molar-refractivity contribution is -0.0189. The topological polar surface area (TPSA) is 38.5 Å². The van der Waals surface area contributed by atoms with Gasteiger partial charge in [0.05, 0.1) is 12.7 Å². The van der Waals surface area contributed by atoms with E-state index >= 15 is 0 Å². The molecule has 3 nitrogen and oxygen atoms in total. The molecule has 1 fully saturated rings. The zero-order chi connectivity index (χ0) is 13.0. The normalized spacial score (nSPS) is 22.9. The monoisotopic (exact) mass is 312 g/mol. The SMILES string of the molecule is CC1CN(CCC(N)c2cccc(Br)c2)CCO1. The van der Waals surface area contributed by atoms with Gasteiger partial charge < -0.3 is 10.5 Å². The van der Waals surface area contributed by atoms with Crippen molar-refractivity contribution in [2.75, 3.05) is 26.2 Å². The average Bonchev–Trinajstić information content (AvgIpc) is 2.36. The van der Waals surface area contributed by atoms with Crippen LogP contribution in [0.25, 0.3) is 0 Å². The van der Waals surface area contributed by atoms with Gasteiger partial charge in [-0.2, -0.15) is 0 Å². The van der Waals surface area contributed by atoms with E-state index in [4.69, 9.17) is 10.5 Å². The number of halogens is 1. The summed E-state index contributed by atoms with van der Waals surface area (Å²) >= 11 is 3.48. The molecule has 0 radical (unpaired) electrons. The van der Waals surface area contributed by atoms with Gasteiger partial charge in [0, 0.05) is 30.1 Å². The third-order valence-electron chi connectivity index (χ3n) is 3.36.